The van der Waals surface area contributed by atoms with Crippen molar-refractivity contribution in [2.45, 2.75) is 6.54 Å². The third kappa shape index (κ3) is 4.54. The number of hydrogen-bond acceptors (Lipinski definition) is 6. The lowest BCUT2D eigenvalue weighted by Crippen LogP contribution is -2.22. The number of aromatic hydroxyl groups is 1. The summed E-state index contributed by atoms with van der Waals surface area (Å²) in [4.78, 5) is 4.26. The van der Waals surface area contributed by atoms with Crippen LogP contribution >= 0.6 is 0 Å². The van der Waals surface area contributed by atoms with Gasteiger partial charge in [-0.3, -0.25) is 0 Å². The highest BCUT2D eigenvalue weighted by Crippen LogP contribution is 2.31. The fourth-order valence-electron chi connectivity index (χ4n) is 2.76. The van der Waals surface area contributed by atoms with Crippen LogP contribution in [-0.2, 0) is 6.54 Å². The fourth-order valence-corrected chi connectivity index (χ4v) is 2.76. The third-order valence-electron chi connectivity index (χ3n) is 4.13. The maximum Gasteiger partial charge on any atom is 0.144 e. The number of phenolic OH excluding ortho intramolecular Hbond substituents is 1. The smallest absolute Gasteiger partial charge is 0.144 e. The van der Waals surface area contributed by atoms with Crippen molar-refractivity contribution in [1.29, 1.82) is 5.26 Å². The van der Waals surface area contributed by atoms with E-state index < -0.39 is 0 Å². The molecule has 0 radical (unpaired) electrons. The van der Waals surface area contributed by atoms with Crippen LogP contribution in [0.15, 0.2) is 60.7 Å². The number of phenols is 1. The summed E-state index contributed by atoms with van der Waals surface area (Å²) < 4.78 is 0. The van der Waals surface area contributed by atoms with E-state index in [1.54, 1.807) is 24.3 Å². The highest BCUT2D eigenvalue weighted by Gasteiger charge is 2.13. The predicted molar refractivity (Wildman–Crippen MR) is 107 cm³/mol. The maximum atomic E-state index is 10.1. The molecule has 0 unspecified atom stereocenters. The van der Waals surface area contributed by atoms with E-state index >= 15 is 0 Å². The minimum atomic E-state index is 0.115. The van der Waals surface area contributed by atoms with Crippen molar-refractivity contribution in [3.05, 3.63) is 71.8 Å². The van der Waals surface area contributed by atoms with Crippen molar-refractivity contribution in [2.75, 3.05) is 24.1 Å². The van der Waals surface area contributed by atoms with Gasteiger partial charge in [0.25, 0.3) is 0 Å². The van der Waals surface area contributed by atoms with E-state index in [0.717, 1.165) is 6.54 Å². The summed E-state index contributed by atoms with van der Waals surface area (Å²) >= 11 is 0. The van der Waals surface area contributed by atoms with E-state index in [-0.39, 0.29) is 11.6 Å². The second-order valence-electron chi connectivity index (χ2n) is 6.03. The van der Waals surface area contributed by atoms with Crippen molar-refractivity contribution in [3.8, 4) is 23.1 Å². The van der Waals surface area contributed by atoms with Gasteiger partial charge < -0.3 is 21.5 Å². The molecule has 136 valence electrons. The quantitative estimate of drug-likeness (QED) is 0.483. The molecule has 2 aromatic carbocycles. The van der Waals surface area contributed by atoms with Crippen LogP contribution in [0.4, 0.5) is 11.5 Å². The minimum Gasteiger partial charge on any atom is -0.507 e. The Kier molecular flexibility index (Phi) is 5.87. The van der Waals surface area contributed by atoms with Gasteiger partial charge in [-0.05, 0) is 23.8 Å². The molecule has 0 aliphatic heterocycles. The SMILES string of the molecule is N#Cc1c(NCCNCc2ccccc2)cc(-c2ccccc2O)nc1N. The number of anilines is 2. The van der Waals surface area contributed by atoms with Crippen LogP contribution in [-0.4, -0.2) is 23.2 Å². The first-order chi connectivity index (χ1) is 13.2. The second-order valence-corrected chi connectivity index (χ2v) is 6.03. The van der Waals surface area contributed by atoms with Gasteiger partial charge in [-0.2, -0.15) is 5.26 Å². The number of nitrogens with two attached hydrogens (primary N) is 1. The third-order valence-corrected chi connectivity index (χ3v) is 4.13. The first-order valence-corrected chi connectivity index (χ1v) is 8.66. The summed E-state index contributed by atoms with van der Waals surface area (Å²) in [7, 11) is 0. The Labute approximate surface area is 158 Å². The van der Waals surface area contributed by atoms with Gasteiger partial charge in [0.15, 0.2) is 0 Å². The Bertz CT molecular complexity index is 951. The van der Waals surface area contributed by atoms with E-state index in [1.807, 2.05) is 24.3 Å². The molecule has 3 aromatic rings. The van der Waals surface area contributed by atoms with Crippen LogP contribution in [0.3, 0.4) is 0 Å². The Morgan fingerprint density at radius 2 is 1.78 bits per heavy atom. The molecule has 6 heteroatoms. The molecule has 1 aromatic heterocycles. The highest BCUT2D eigenvalue weighted by molar-refractivity contribution is 5.76. The molecule has 0 amide bonds. The van der Waals surface area contributed by atoms with Crippen molar-refractivity contribution in [1.82, 2.24) is 10.3 Å². The van der Waals surface area contributed by atoms with Gasteiger partial charge in [-0.1, -0.05) is 42.5 Å². The summed E-state index contributed by atoms with van der Waals surface area (Å²) in [5.41, 5.74) is 9.16. The number of nitrogen functional groups attached to an aromatic ring is 1. The number of para-hydroxylation sites is 1. The summed E-state index contributed by atoms with van der Waals surface area (Å²) in [6, 6.07) is 20.9. The molecule has 0 atom stereocenters. The predicted octanol–water partition coefficient (Wildman–Crippen LogP) is 3.11. The number of rotatable bonds is 7. The molecule has 3 rings (SSSR count). The zero-order valence-corrected chi connectivity index (χ0v) is 14.8. The molecule has 1 heterocycles. The van der Waals surface area contributed by atoms with Gasteiger partial charge >= 0.3 is 0 Å². The molecule has 0 bridgehead atoms. The van der Waals surface area contributed by atoms with Gasteiger partial charge in [0, 0.05) is 25.2 Å². The van der Waals surface area contributed by atoms with Crippen LogP contribution in [0.5, 0.6) is 5.75 Å². The highest BCUT2D eigenvalue weighted by atomic mass is 16.3. The Morgan fingerprint density at radius 1 is 1.04 bits per heavy atom. The lowest BCUT2D eigenvalue weighted by atomic mass is 10.1. The van der Waals surface area contributed by atoms with Crippen LogP contribution in [0.25, 0.3) is 11.3 Å². The normalized spacial score (nSPS) is 10.3. The van der Waals surface area contributed by atoms with E-state index in [1.165, 1.54) is 5.56 Å². The molecule has 0 aliphatic carbocycles. The molecule has 6 nitrogen and oxygen atoms in total. The summed E-state index contributed by atoms with van der Waals surface area (Å²) in [5.74, 6) is 0.252. The van der Waals surface area contributed by atoms with E-state index in [0.29, 0.717) is 35.6 Å². The summed E-state index contributed by atoms with van der Waals surface area (Å²) in [6.07, 6.45) is 0. The van der Waals surface area contributed by atoms with Crippen molar-refractivity contribution in [3.63, 3.8) is 0 Å². The zero-order chi connectivity index (χ0) is 19.1. The molecule has 0 saturated heterocycles. The average molecular weight is 359 g/mol. The topological polar surface area (TPSA) is 107 Å². The largest absolute Gasteiger partial charge is 0.507 e. The Balaban J connectivity index is 1.69. The van der Waals surface area contributed by atoms with Crippen molar-refractivity contribution < 1.29 is 5.11 Å². The number of benzene rings is 2. The van der Waals surface area contributed by atoms with Crippen molar-refractivity contribution in [2.24, 2.45) is 0 Å². The van der Waals surface area contributed by atoms with Crippen LogP contribution < -0.4 is 16.4 Å². The van der Waals surface area contributed by atoms with Crippen LogP contribution in [0.1, 0.15) is 11.1 Å². The van der Waals surface area contributed by atoms with Crippen LogP contribution in [0, 0.1) is 11.3 Å². The van der Waals surface area contributed by atoms with Gasteiger partial charge in [0.05, 0.1) is 11.4 Å². The number of hydrogen-bond donors (Lipinski definition) is 4. The number of pyridine rings is 1. The van der Waals surface area contributed by atoms with Gasteiger partial charge in [-0.15, -0.1) is 0 Å². The Morgan fingerprint density at radius 3 is 2.52 bits per heavy atom. The zero-order valence-electron chi connectivity index (χ0n) is 14.8. The van der Waals surface area contributed by atoms with E-state index in [4.69, 9.17) is 5.73 Å². The number of nitriles is 1. The summed E-state index contributed by atoms with van der Waals surface area (Å²) in [5, 5.41) is 26.0. The molecule has 0 fully saturated rings. The molecular weight excluding hydrogens is 338 g/mol. The first kappa shape index (κ1) is 18.2. The second kappa shape index (κ2) is 8.70. The van der Waals surface area contributed by atoms with Gasteiger partial charge in [0.1, 0.15) is 23.2 Å². The summed E-state index contributed by atoms with van der Waals surface area (Å²) in [6.45, 7) is 2.11. The fraction of sp³-hybridized carbons (Fsp3) is 0.143. The van der Waals surface area contributed by atoms with Crippen molar-refractivity contribution >= 4 is 11.5 Å². The number of nitrogens with zero attached hydrogens (tertiary/aromatic N) is 2. The van der Waals surface area contributed by atoms with Gasteiger partial charge in [0.2, 0.25) is 0 Å². The molecule has 27 heavy (non-hydrogen) atoms. The Hall–Kier alpha value is -3.56. The van der Waals surface area contributed by atoms with Crippen LogP contribution in [0.2, 0.25) is 0 Å². The molecule has 0 saturated carbocycles. The van der Waals surface area contributed by atoms with Gasteiger partial charge in [-0.25, -0.2) is 4.98 Å². The minimum absolute atomic E-state index is 0.115. The number of nitrogens with one attached hydrogen (secondary N) is 2. The monoisotopic (exact) mass is 359 g/mol. The molecular formula is C21H21N5O. The van der Waals surface area contributed by atoms with E-state index in [2.05, 4.69) is 33.8 Å². The average Bonchev–Trinajstić information content (AvgIpc) is 2.68. The number of aromatic nitrogens is 1. The molecule has 0 spiro atoms. The molecule has 5 N–H and O–H groups in total. The maximum absolute atomic E-state index is 10.1. The standard InChI is InChI=1S/C21H21N5O/c22-13-17-18(25-11-10-24-14-15-6-2-1-3-7-15)12-19(26-21(17)23)16-8-4-5-9-20(16)27/h1-9,12,24,27H,10-11,14H2,(H3,23,25,26). The van der Waals surface area contributed by atoms with E-state index in [9.17, 15) is 10.4 Å². The first-order valence-electron chi connectivity index (χ1n) is 8.66. The molecule has 0 aliphatic rings. The lowest BCUT2D eigenvalue weighted by molar-refractivity contribution is 0.477. The lowest BCUT2D eigenvalue weighted by Gasteiger charge is -2.13.